The third kappa shape index (κ3) is 5.39. The van der Waals surface area contributed by atoms with E-state index in [1.54, 1.807) is 37.5 Å². The first-order valence-electron chi connectivity index (χ1n) is 6.77. The van der Waals surface area contributed by atoms with Crippen LogP contribution in [0.1, 0.15) is 5.56 Å². The van der Waals surface area contributed by atoms with E-state index in [-0.39, 0.29) is 11.0 Å². The minimum absolute atomic E-state index is 0.210. The third-order valence-corrected chi connectivity index (χ3v) is 3.35. The molecule has 118 valence electrons. The number of benzene rings is 2. The number of halogens is 1. The molecular formula is C17H15ClN2O2S. The Bertz CT molecular complexity index is 730. The summed E-state index contributed by atoms with van der Waals surface area (Å²) >= 11 is 10.9. The first-order chi connectivity index (χ1) is 11.1. The zero-order chi connectivity index (χ0) is 16.7. The molecule has 0 bridgehead atoms. The van der Waals surface area contributed by atoms with Gasteiger partial charge in [0.1, 0.15) is 5.75 Å². The summed E-state index contributed by atoms with van der Waals surface area (Å²) in [4.78, 5) is 11.9. The lowest BCUT2D eigenvalue weighted by Crippen LogP contribution is -2.32. The van der Waals surface area contributed by atoms with E-state index in [1.807, 2.05) is 24.3 Å². The lowest BCUT2D eigenvalue weighted by atomic mass is 10.2. The van der Waals surface area contributed by atoms with Gasteiger partial charge in [0, 0.05) is 22.3 Å². The molecule has 4 nitrogen and oxygen atoms in total. The van der Waals surface area contributed by atoms with Gasteiger partial charge in [0.05, 0.1) is 7.11 Å². The highest BCUT2D eigenvalue weighted by atomic mass is 35.5. The maximum absolute atomic E-state index is 11.9. The van der Waals surface area contributed by atoms with E-state index in [4.69, 9.17) is 28.6 Å². The molecule has 0 aliphatic carbocycles. The molecule has 0 aliphatic rings. The number of methoxy groups -OCH3 is 1. The van der Waals surface area contributed by atoms with Gasteiger partial charge in [-0.05, 0) is 48.6 Å². The molecule has 0 aromatic heterocycles. The Morgan fingerprint density at radius 3 is 2.57 bits per heavy atom. The number of hydrogen-bond donors (Lipinski definition) is 2. The molecule has 2 rings (SSSR count). The summed E-state index contributed by atoms with van der Waals surface area (Å²) in [6.45, 7) is 0. The van der Waals surface area contributed by atoms with Crippen LogP contribution < -0.4 is 15.4 Å². The summed E-state index contributed by atoms with van der Waals surface area (Å²) in [5, 5.41) is 6.31. The molecule has 23 heavy (non-hydrogen) atoms. The Kier molecular flexibility index (Phi) is 6.14. The number of ether oxygens (including phenoxy) is 1. The molecule has 0 spiro atoms. The molecule has 0 atom stereocenters. The van der Waals surface area contributed by atoms with Gasteiger partial charge in [-0.2, -0.15) is 0 Å². The van der Waals surface area contributed by atoms with Gasteiger partial charge in [0.25, 0.3) is 0 Å². The number of rotatable bonds is 4. The predicted molar refractivity (Wildman–Crippen MR) is 97.8 cm³/mol. The van der Waals surface area contributed by atoms with Gasteiger partial charge >= 0.3 is 0 Å². The lowest BCUT2D eigenvalue weighted by Gasteiger charge is -2.08. The Balaban J connectivity index is 1.92. The topological polar surface area (TPSA) is 50.4 Å². The smallest absolute Gasteiger partial charge is 0.250 e. The average molecular weight is 347 g/mol. The van der Waals surface area contributed by atoms with Gasteiger partial charge in [-0.25, -0.2) is 0 Å². The molecule has 0 heterocycles. The largest absolute Gasteiger partial charge is 0.496 e. The average Bonchev–Trinajstić information content (AvgIpc) is 2.55. The second-order valence-corrected chi connectivity index (χ2v) is 5.37. The highest BCUT2D eigenvalue weighted by Crippen LogP contribution is 2.18. The van der Waals surface area contributed by atoms with Crippen molar-refractivity contribution in [3.63, 3.8) is 0 Å². The zero-order valence-electron chi connectivity index (χ0n) is 12.4. The van der Waals surface area contributed by atoms with Crippen molar-refractivity contribution >= 4 is 46.6 Å². The number of amides is 1. The number of anilines is 1. The van der Waals surface area contributed by atoms with Crippen molar-refractivity contribution in [2.24, 2.45) is 0 Å². The Labute approximate surface area is 145 Å². The summed E-state index contributed by atoms with van der Waals surface area (Å²) in [7, 11) is 1.58. The van der Waals surface area contributed by atoms with E-state index >= 15 is 0 Å². The number of para-hydroxylation sites is 1. The van der Waals surface area contributed by atoms with Gasteiger partial charge < -0.3 is 10.1 Å². The van der Waals surface area contributed by atoms with Crippen LogP contribution in [0.3, 0.4) is 0 Å². The molecule has 0 fully saturated rings. The maximum Gasteiger partial charge on any atom is 0.250 e. The Morgan fingerprint density at radius 1 is 1.17 bits per heavy atom. The number of nitrogens with one attached hydrogen (secondary N) is 2. The molecule has 2 N–H and O–H groups in total. The Morgan fingerprint density at radius 2 is 1.87 bits per heavy atom. The Hall–Kier alpha value is -2.37. The van der Waals surface area contributed by atoms with Crippen molar-refractivity contribution < 1.29 is 9.53 Å². The van der Waals surface area contributed by atoms with Crippen molar-refractivity contribution in [2.45, 2.75) is 0 Å². The van der Waals surface area contributed by atoms with E-state index in [2.05, 4.69) is 10.6 Å². The fraction of sp³-hybridized carbons (Fsp3) is 0.0588. The SMILES string of the molecule is COc1ccccc1C=CC(=O)NC(=S)Nc1ccc(Cl)cc1. The van der Waals surface area contributed by atoms with Crippen LogP contribution >= 0.6 is 23.8 Å². The fourth-order valence-corrected chi connectivity index (χ4v) is 2.16. The minimum Gasteiger partial charge on any atom is -0.496 e. The van der Waals surface area contributed by atoms with Crippen molar-refractivity contribution in [2.75, 3.05) is 12.4 Å². The van der Waals surface area contributed by atoms with Gasteiger partial charge in [0.2, 0.25) is 5.91 Å². The van der Waals surface area contributed by atoms with Gasteiger partial charge in [-0.3, -0.25) is 10.1 Å². The number of carbonyl (C=O) groups excluding carboxylic acids is 1. The molecule has 0 aliphatic heterocycles. The maximum atomic E-state index is 11.9. The summed E-state index contributed by atoms with van der Waals surface area (Å²) in [6.07, 6.45) is 3.06. The molecule has 0 unspecified atom stereocenters. The molecule has 0 radical (unpaired) electrons. The van der Waals surface area contributed by atoms with Crippen molar-refractivity contribution in [3.8, 4) is 5.75 Å². The van der Waals surface area contributed by atoms with Crippen LogP contribution in [-0.4, -0.2) is 18.1 Å². The summed E-state index contributed by atoms with van der Waals surface area (Å²) in [6, 6.07) is 14.4. The van der Waals surface area contributed by atoms with E-state index in [0.717, 1.165) is 11.3 Å². The van der Waals surface area contributed by atoms with Gasteiger partial charge in [-0.15, -0.1) is 0 Å². The molecule has 1 amide bonds. The standard InChI is InChI=1S/C17H15ClN2O2S/c1-22-15-5-3-2-4-12(15)6-11-16(21)20-17(23)19-14-9-7-13(18)8-10-14/h2-11H,1H3,(H2,19,20,21,23). The quantitative estimate of drug-likeness (QED) is 0.651. The predicted octanol–water partition coefficient (Wildman–Crippen LogP) is 3.88. The lowest BCUT2D eigenvalue weighted by molar-refractivity contribution is -0.115. The molecule has 0 saturated carbocycles. The van der Waals surface area contributed by atoms with Crippen LogP contribution in [0.2, 0.25) is 5.02 Å². The van der Waals surface area contributed by atoms with Gasteiger partial charge in [-0.1, -0.05) is 29.8 Å². The highest BCUT2D eigenvalue weighted by molar-refractivity contribution is 7.80. The normalized spacial score (nSPS) is 10.3. The first kappa shape index (κ1) is 17.0. The second-order valence-electron chi connectivity index (χ2n) is 4.53. The minimum atomic E-state index is -0.331. The molecule has 2 aromatic carbocycles. The van der Waals surface area contributed by atoms with Crippen LogP contribution in [0.15, 0.2) is 54.6 Å². The first-order valence-corrected chi connectivity index (χ1v) is 7.56. The second kappa shape index (κ2) is 8.31. The fourth-order valence-electron chi connectivity index (χ4n) is 1.82. The van der Waals surface area contributed by atoms with Crippen LogP contribution in [0.4, 0.5) is 5.69 Å². The molecular weight excluding hydrogens is 332 g/mol. The van der Waals surface area contributed by atoms with E-state index < -0.39 is 0 Å². The van der Waals surface area contributed by atoms with Crippen LogP contribution in [0.5, 0.6) is 5.75 Å². The van der Waals surface area contributed by atoms with Crippen molar-refractivity contribution in [3.05, 3.63) is 65.2 Å². The number of hydrogen-bond acceptors (Lipinski definition) is 3. The summed E-state index contributed by atoms with van der Waals surface area (Å²) in [5.41, 5.74) is 1.55. The van der Waals surface area contributed by atoms with E-state index in [0.29, 0.717) is 10.8 Å². The highest BCUT2D eigenvalue weighted by Gasteiger charge is 2.03. The van der Waals surface area contributed by atoms with Crippen LogP contribution in [0.25, 0.3) is 6.08 Å². The third-order valence-electron chi connectivity index (χ3n) is 2.89. The molecule has 2 aromatic rings. The monoisotopic (exact) mass is 346 g/mol. The summed E-state index contributed by atoms with van der Waals surface area (Å²) in [5.74, 6) is 0.362. The van der Waals surface area contributed by atoms with Crippen LogP contribution in [0, 0.1) is 0 Å². The van der Waals surface area contributed by atoms with Gasteiger partial charge in [0.15, 0.2) is 5.11 Å². The zero-order valence-corrected chi connectivity index (χ0v) is 13.9. The number of carbonyl (C=O) groups is 1. The van der Waals surface area contributed by atoms with E-state index in [9.17, 15) is 4.79 Å². The van der Waals surface area contributed by atoms with E-state index in [1.165, 1.54) is 6.08 Å². The number of thiocarbonyl (C=S) groups is 1. The van der Waals surface area contributed by atoms with Crippen molar-refractivity contribution in [1.82, 2.24) is 5.32 Å². The summed E-state index contributed by atoms with van der Waals surface area (Å²) < 4.78 is 5.22. The molecule has 6 heteroatoms. The van der Waals surface area contributed by atoms with Crippen molar-refractivity contribution in [1.29, 1.82) is 0 Å². The van der Waals surface area contributed by atoms with Crippen LogP contribution in [-0.2, 0) is 4.79 Å². The molecule has 0 saturated heterocycles.